The van der Waals surface area contributed by atoms with Crippen molar-refractivity contribution in [2.75, 3.05) is 5.88 Å². The van der Waals surface area contributed by atoms with E-state index in [9.17, 15) is 4.79 Å². The lowest BCUT2D eigenvalue weighted by Gasteiger charge is -2.09. The van der Waals surface area contributed by atoms with E-state index in [-0.39, 0.29) is 0 Å². The molecule has 0 aliphatic rings. The molecule has 17 heavy (non-hydrogen) atoms. The van der Waals surface area contributed by atoms with Crippen molar-refractivity contribution in [3.05, 3.63) is 46.0 Å². The van der Waals surface area contributed by atoms with E-state index in [4.69, 9.17) is 23.2 Å². The van der Waals surface area contributed by atoms with Gasteiger partial charge >= 0.3 is 0 Å². The van der Waals surface area contributed by atoms with E-state index in [1.807, 2.05) is 25.1 Å². The Morgan fingerprint density at radius 2 is 2.06 bits per heavy atom. The fourth-order valence-corrected chi connectivity index (χ4v) is 2.49. The van der Waals surface area contributed by atoms with Gasteiger partial charge < -0.3 is 0 Å². The molecular weight excluding hydrogens is 255 g/mol. The number of alkyl halides is 1. The van der Waals surface area contributed by atoms with E-state index >= 15 is 0 Å². The first kappa shape index (κ1) is 12.4. The molecule has 0 N–H and O–H groups in total. The molecule has 0 atom stereocenters. The Morgan fingerprint density at radius 1 is 1.29 bits per heavy atom. The first-order valence-corrected chi connectivity index (χ1v) is 6.31. The van der Waals surface area contributed by atoms with Gasteiger partial charge in [0.05, 0.1) is 5.02 Å². The Labute approximate surface area is 110 Å². The highest BCUT2D eigenvalue weighted by atomic mass is 35.5. The molecule has 0 saturated heterocycles. The molecule has 0 spiro atoms. The molecule has 0 unspecified atom stereocenters. The van der Waals surface area contributed by atoms with E-state index < -0.39 is 0 Å². The number of hydrogen-bond donors (Lipinski definition) is 0. The Kier molecular flexibility index (Phi) is 3.70. The molecule has 0 fully saturated rings. The fraction of sp³-hybridized carbons (Fsp3) is 0.214. The highest BCUT2D eigenvalue weighted by molar-refractivity contribution is 6.35. The number of benzene rings is 2. The normalized spacial score (nSPS) is 10.8. The average molecular weight is 267 g/mol. The summed E-state index contributed by atoms with van der Waals surface area (Å²) < 4.78 is 0. The standard InChI is InChI=1S/C14H12Cl2O/c1-9-2-3-12-11(6-9)7-10(4-5-15)14(16)13(12)8-17/h2-3,6-8H,4-5H2,1H3. The summed E-state index contributed by atoms with van der Waals surface area (Å²) in [5.74, 6) is 0.495. The summed E-state index contributed by atoms with van der Waals surface area (Å²) in [4.78, 5) is 11.2. The number of carbonyl (C=O) groups excluding carboxylic acids is 1. The van der Waals surface area contributed by atoms with Gasteiger partial charge in [0.15, 0.2) is 6.29 Å². The summed E-state index contributed by atoms with van der Waals surface area (Å²) in [5, 5.41) is 2.46. The van der Waals surface area contributed by atoms with Gasteiger partial charge in [-0.15, -0.1) is 11.6 Å². The molecule has 0 amide bonds. The maximum absolute atomic E-state index is 11.2. The van der Waals surface area contributed by atoms with Gasteiger partial charge in [-0.25, -0.2) is 0 Å². The van der Waals surface area contributed by atoms with Gasteiger partial charge in [-0.2, -0.15) is 0 Å². The number of hydrogen-bond acceptors (Lipinski definition) is 1. The summed E-state index contributed by atoms with van der Waals surface area (Å²) in [6.45, 7) is 2.02. The van der Waals surface area contributed by atoms with Crippen LogP contribution in [0.25, 0.3) is 10.8 Å². The summed E-state index contributed by atoms with van der Waals surface area (Å²) in [5.41, 5.74) is 2.65. The average Bonchev–Trinajstić information content (AvgIpc) is 2.31. The lowest BCUT2D eigenvalue weighted by atomic mass is 9.98. The molecule has 1 nitrogen and oxygen atoms in total. The predicted molar refractivity (Wildman–Crippen MR) is 73.5 cm³/mol. The van der Waals surface area contributed by atoms with Gasteiger partial charge in [0.1, 0.15) is 0 Å². The third kappa shape index (κ3) is 2.31. The topological polar surface area (TPSA) is 17.1 Å². The highest BCUT2D eigenvalue weighted by Gasteiger charge is 2.10. The second kappa shape index (κ2) is 5.07. The van der Waals surface area contributed by atoms with Crippen molar-refractivity contribution < 1.29 is 4.79 Å². The molecule has 3 heteroatoms. The van der Waals surface area contributed by atoms with Crippen LogP contribution < -0.4 is 0 Å². The Hall–Kier alpha value is -1.05. The zero-order valence-electron chi connectivity index (χ0n) is 9.47. The van der Waals surface area contributed by atoms with E-state index in [0.717, 1.165) is 28.2 Å². The third-order valence-corrected chi connectivity index (χ3v) is 3.46. The molecule has 0 aliphatic heterocycles. The first-order valence-electron chi connectivity index (χ1n) is 5.40. The van der Waals surface area contributed by atoms with E-state index in [1.54, 1.807) is 0 Å². The van der Waals surface area contributed by atoms with E-state index in [1.165, 1.54) is 0 Å². The summed E-state index contributed by atoms with van der Waals surface area (Å²) in [6, 6.07) is 7.98. The van der Waals surface area contributed by atoms with Gasteiger partial charge in [-0.1, -0.05) is 35.4 Å². The van der Waals surface area contributed by atoms with Crippen molar-refractivity contribution in [3.63, 3.8) is 0 Å². The van der Waals surface area contributed by atoms with Crippen molar-refractivity contribution in [2.24, 2.45) is 0 Å². The van der Waals surface area contributed by atoms with Gasteiger partial charge in [0, 0.05) is 11.4 Å². The number of aryl methyl sites for hydroxylation is 2. The third-order valence-electron chi connectivity index (χ3n) is 2.83. The zero-order chi connectivity index (χ0) is 12.4. The number of aldehydes is 1. The molecule has 88 valence electrons. The van der Waals surface area contributed by atoms with Crippen LogP contribution >= 0.6 is 23.2 Å². The molecule has 0 bridgehead atoms. The largest absolute Gasteiger partial charge is 0.298 e. The maximum atomic E-state index is 11.2. The number of fused-ring (bicyclic) bond motifs is 1. The van der Waals surface area contributed by atoms with Gasteiger partial charge in [-0.05, 0) is 35.7 Å². The zero-order valence-corrected chi connectivity index (χ0v) is 11.0. The van der Waals surface area contributed by atoms with Crippen LogP contribution in [0.4, 0.5) is 0 Å². The van der Waals surface area contributed by atoms with E-state index in [2.05, 4.69) is 6.07 Å². The Morgan fingerprint density at radius 3 is 2.71 bits per heavy atom. The van der Waals surface area contributed by atoms with Crippen LogP contribution in [0.2, 0.25) is 5.02 Å². The first-order chi connectivity index (χ1) is 8.17. The molecular formula is C14H12Cl2O. The quantitative estimate of drug-likeness (QED) is 0.595. The van der Waals surface area contributed by atoms with Gasteiger partial charge in [0.25, 0.3) is 0 Å². The van der Waals surface area contributed by atoms with Crippen LogP contribution in [-0.2, 0) is 6.42 Å². The predicted octanol–water partition coefficient (Wildman–Crippen LogP) is 4.40. The van der Waals surface area contributed by atoms with Crippen molar-refractivity contribution in [1.29, 1.82) is 0 Å². The van der Waals surface area contributed by atoms with Crippen LogP contribution in [0.5, 0.6) is 0 Å². The Balaban J connectivity index is 2.79. The van der Waals surface area contributed by atoms with Crippen molar-refractivity contribution in [1.82, 2.24) is 0 Å². The number of carbonyl (C=O) groups is 1. The molecule has 2 aromatic rings. The monoisotopic (exact) mass is 266 g/mol. The van der Waals surface area contributed by atoms with Crippen molar-refractivity contribution in [2.45, 2.75) is 13.3 Å². The molecule has 0 aliphatic carbocycles. The lowest BCUT2D eigenvalue weighted by Crippen LogP contribution is -1.95. The smallest absolute Gasteiger partial charge is 0.152 e. The second-order valence-corrected chi connectivity index (χ2v) is 4.80. The fourth-order valence-electron chi connectivity index (χ4n) is 1.99. The Bertz CT molecular complexity index is 576. The van der Waals surface area contributed by atoms with Crippen LogP contribution in [0.3, 0.4) is 0 Å². The molecule has 2 aromatic carbocycles. The lowest BCUT2D eigenvalue weighted by molar-refractivity contribution is 0.112. The highest BCUT2D eigenvalue weighted by Crippen LogP contribution is 2.30. The van der Waals surface area contributed by atoms with Gasteiger partial charge in [-0.3, -0.25) is 4.79 Å². The number of halogens is 2. The minimum atomic E-state index is 0.495. The van der Waals surface area contributed by atoms with Crippen LogP contribution in [0, 0.1) is 6.92 Å². The molecule has 0 aromatic heterocycles. The summed E-state index contributed by atoms with van der Waals surface area (Å²) in [7, 11) is 0. The van der Waals surface area contributed by atoms with Crippen LogP contribution in [0.1, 0.15) is 21.5 Å². The summed E-state index contributed by atoms with van der Waals surface area (Å²) in [6.07, 6.45) is 1.49. The van der Waals surface area contributed by atoms with Crippen molar-refractivity contribution >= 4 is 40.3 Å². The minimum Gasteiger partial charge on any atom is -0.298 e. The summed E-state index contributed by atoms with van der Waals surface area (Å²) >= 11 is 12.0. The second-order valence-electron chi connectivity index (χ2n) is 4.04. The van der Waals surface area contributed by atoms with Crippen LogP contribution in [0.15, 0.2) is 24.3 Å². The molecule has 2 rings (SSSR count). The molecule has 0 heterocycles. The van der Waals surface area contributed by atoms with Crippen molar-refractivity contribution in [3.8, 4) is 0 Å². The van der Waals surface area contributed by atoms with Gasteiger partial charge in [0.2, 0.25) is 0 Å². The molecule has 0 radical (unpaired) electrons. The SMILES string of the molecule is Cc1ccc2c(C=O)c(Cl)c(CCCl)cc2c1. The van der Waals surface area contributed by atoms with E-state index in [0.29, 0.717) is 22.9 Å². The maximum Gasteiger partial charge on any atom is 0.152 e. The van der Waals surface area contributed by atoms with Crippen LogP contribution in [-0.4, -0.2) is 12.2 Å². The molecule has 0 saturated carbocycles. The number of rotatable bonds is 3. The minimum absolute atomic E-state index is 0.495.